The van der Waals surface area contributed by atoms with Crippen molar-refractivity contribution >= 4 is 16.1 Å². The fourth-order valence-electron chi connectivity index (χ4n) is 1.86. The van der Waals surface area contributed by atoms with Gasteiger partial charge in [-0.2, -0.15) is 8.42 Å². The summed E-state index contributed by atoms with van der Waals surface area (Å²) >= 11 is 0. The second-order valence-corrected chi connectivity index (χ2v) is 6.20. The quantitative estimate of drug-likeness (QED) is 0.318. The molecule has 0 aliphatic carbocycles. The van der Waals surface area contributed by atoms with Crippen molar-refractivity contribution in [1.82, 2.24) is 0 Å². The van der Waals surface area contributed by atoms with Crippen LogP contribution in [0.3, 0.4) is 0 Å². The smallest absolute Gasteiger partial charge is 1.00 e. The molecule has 19 heavy (non-hydrogen) atoms. The summed E-state index contributed by atoms with van der Waals surface area (Å²) in [5.41, 5.74) is 0. The molecule has 0 radical (unpaired) electrons. The number of carbonyl (C=O) groups is 1. The van der Waals surface area contributed by atoms with Crippen LogP contribution in [0.2, 0.25) is 0 Å². The van der Waals surface area contributed by atoms with Gasteiger partial charge >= 0.3 is 35.5 Å². The molecule has 0 saturated heterocycles. The minimum atomic E-state index is -4.47. The first-order valence-electron chi connectivity index (χ1n) is 6.58. The molecule has 0 spiro atoms. The summed E-state index contributed by atoms with van der Waals surface area (Å²) in [6, 6.07) is 0. The Hall–Kier alpha value is 0.380. The summed E-state index contributed by atoms with van der Waals surface area (Å²) in [5.74, 6) is -1.47. The number of carboxylic acid groups (broad SMARTS) is 1. The average molecular weight is 304 g/mol. The van der Waals surface area contributed by atoms with Crippen LogP contribution < -0.4 is 29.6 Å². The molecule has 0 aromatic carbocycles. The summed E-state index contributed by atoms with van der Waals surface area (Å²) < 4.78 is 30.3. The van der Waals surface area contributed by atoms with Gasteiger partial charge < -0.3 is 6.53 Å². The minimum Gasteiger partial charge on any atom is -1.00 e. The first-order valence-corrected chi connectivity index (χ1v) is 8.09. The Morgan fingerprint density at radius 2 is 1.47 bits per heavy atom. The van der Waals surface area contributed by atoms with E-state index < -0.39 is 21.3 Å². The zero-order chi connectivity index (χ0) is 14.0. The number of carboxylic acids is 1. The zero-order valence-electron chi connectivity index (χ0n) is 13.0. The molecule has 7 heteroatoms. The maximum Gasteiger partial charge on any atom is 1.00 e. The van der Waals surface area contributed by atoms with Gasteiger partial charge in [0.15, 0.2) is 5.25 Å². The van der Waals surface area contributed by atoms with E-state index in [9.17, 15) is 13.2 Å². The van der Waals surface area contributed by atoms with Crippen LogP contribution in [0.25, 0.3) is 0 Å². The minimum absolute atomic E-state index is 0. The van der Waals surface area contributed by atoms with Gasteiger partial charge in [-0.3, -0.25) is 9.35 Å². The predicted molar refractivity (Wildman–Crippen MR) is 71.3 cm³/mol. The maximum absolute atomic E-state index is 10.8. The molecule has 0 bridgehead atoms. The Morgan fingerprint density at radius 1 is 1.05 bits per heavy atom. The Kier molecular flexibility index (Phi) is 13.9. The van der Waals surface area contributed by atoms with Crippen molar-refractivity contribution in [2.45, 2.75) is 70.0 Å². The SMILES string of the molecule is CCCCCCCCCCC(C(=O)O)S(=O)(=O)O.[H-].[Na+]. The molecule has 1 atom stereocenters. The number of rotatable bonds is 11. The number of aliphatic carboxylic acids is 1. The van der Waals surface area contributed by atoms with Crippen molar-refractivity contribution < 1.29 is 53.9 Å². The third-order valence-electron chi connectivity index (χ3n) is 2.95. The van der Waals surface area contributed by atoms with Crippen LogP contribution >= 0.6 is 0 Å². The van der Waals surface area contributed by atoms with Crippen LogP contribution in [0, 0.1) is 0 Å². The van der Waals surface area contributed by atoms with Crippen molar-refractivity contribution in [2.24, 2.45) is 0 Å². The van der Waals surface area contributed by atoms with E-state index in [1.165, 1.54) is 25.7 Å². The Labute approximate surface area is 139 Å². The van der Waals surface area contributed by atoms with Gasteiger partial charge in [0.1, 0.15) is 0 Å². The average Bonchev–Trinajstić information content (AvgIpc) is 2.24. The summed E-state index contributed by atoms with van der Waals surface area (Å²) in [7, 11) is -4.47. The second-order valence-electron chi connectivity index (χ2n) is 4.61. The van der Waals surface area contributed by atoms with E-state index in [-0.39, 0.29) is 37.4 Å². The largest absolute Gasteiger partial charge is 1.00 e. The first-order chi connectivity index (χ1) is 8.39. The van der Waals surface area contributed by atoms with Crippen LogP contribution in [-0.4, -0.2) is 29.3 Å². The van der Waals surface area contributed by atoms with Gasteiger partial charge in [0.2, 0.25) is 0 Å². The summed E-state index contributed by atoms with van der Waals surface area (Å²) in [4.78, 5) is 10.6. The summed E-state index contributed by atoms with van der Waals surface area (Å²) in [5, 5.41) is 7.00. The van der Waals surface area contributed by atoms with Crippen molar-refractivity contribution in [3.05, 3.63) is 0 Å². The van der Waals surface area contributed by atoms with Gasteiger partial charge in [-0.05, 0) is 6.42 Å². The summed E-state index contributed by atoms with van der Waals surface area (Å²) in [6.45, 7) is 2.15. The number of hydrogen-bond acceptors (Lipinski definition) is 3. The van der Waals surface area contributed by atoms with Gasteiger partial charge in [-0.25, -0.2) is 0 Å². The number of hydrogen-bond donors (Lipinski definition) is 2. The molecule has 5 nitrogen and oxygen atoms in total. The van der Waals surface area contributed by atoms with Crippen molar-refractivity contribution in [1.29, 1.82) is 0 Å². The first kappa shape index (κ1) is 21.7. The molecule has 0 aromatic rings. The van der Waals surface area contributed by atoms with E-state index in [4.69, 9.17) is 9.66 Å². The Morgan fingerprint density at radius 3 is 1.84 bits per heavy atom. The molecule has 0 aliphatic rings. The monoisotopic (exact) mass is 304 g/mol. The van der Waals surface area contributed by atoms with E-state index in [0.29, 0.717) is 6.42 Å². The van der Waals surface area contributed by atoms with Crippen LogP contribution in [0.4, 0.5) is 0 Å². The van der Waals surface area contributed by atoms with Crippen LogP contribution in [0.1, 0.15) is 66.1 Å². The standard InChI is InChI=1S/C12H24O5S.Na.H/c1-2-3-4-5-6-7-8-9-10-11(12(13)14)18(15,16)17;;/h11H,2-10H2,1H3,(H,13,14)(H,15,16,17);;/q;+1;-1. The number of unbranched alkanes of at least 4 members (excludes halogenated alkanes) is 7. The van der Waals surface area contributed by atoms with E-state index in [0.717, 1.165) is 19.3 Å². The topological polar surface area (TPSA) is 91.7 Å². The normalized spacial score (nSPS) is 12.7. The maximum atomic E-state index is 10.8. The van der Waals surface area contributed by atoms with Gasteiger partial charge in [0.25, 0.3) is 10.1 Å². The third-order valence-corrected chi connectivity index (χ3v) is 4.11. The Balaban J connectivity index is -0.00000144. The Bertz CT molecular complexity index is 335. The van der Waals surface area contributed by atoms with Gasteiger partial charge in [-0.1, -0.05) is 58.3 Å². The van der Waals surface area contributed by atoms with E-state index in [1.807, 2.05) is 0 Å². The van der Waals surface area contributed by atoms with Gasteiger partial charge in [-0.15, -0.1) is 0 Å². The zero-order valence-corrected chi connectivity index (χ0v) is 14.8. The molecular weight excluding hydrogens is 279 g/mol. The molecule has 0 fully saturated rings. The van der Waals surface area contributed by atoms with E-state index in [1.54, 1.807) is 0 Å². The molecule has 1 unspecified atom stereocenters. The molecule has 0 rings (SSSR count). The van der Waals surface area contributed by atoms with Crippen molar-refractivity contribution in [2.75, 3.05) is 0 Å². The van der Waals surface area contributed by atoms with Gasteiger partial charge in [0, 0.05) is 0 Å². The molecule has 0 saturated carbocycles. The van der Waals surface area contributed by atoms with Crippen LogP contribution in [0.15, 0.2) is 0 Å². The van der Waals surface area contributed by atoms with E-state index >= 15 is 0 Å². The second kappa shape index (κ2) is 12.1. The van der Waals surface area contributed by atoms with E-state index in [2.05, 4.69) is 6.92 Å². The molecule has 0 amide bonds. The molecule has 110 valence electrons. The van der Waals surface area contributed by atoms with Crippen LogP contribution in [0.5, 0.6) is 0 Å². The third kappa shape index (κ3) is 11.9. The molecule has 2 N–H and O–H groups in total. The predicted octanol–water partition coefficient (Wildman–Crippen LogP) is -0.0253. The molecule has 0 aliphatic heterocycles. The summed E-state index contributed by atoms with van der Waals surface area (Å²) in [6.07, 6.45) is 8.25. The fraction of sp³-hybridized carbons (Fsp3) is 0.917. The van der Waals surface area contributed by atoms with Crippen molar-refractivity contribution in [3.8, 4) is 0 Å². The van der Waals surface area contributed by atoms with Gasteiger partial charge in [0.05, 0.1) is 0 Å². The molecule has 0 heterocycles. The van der Waals surface area contributed by atoms with Crippen molar-refractivity contribution in [3.63, 3.8) is 0 Å². The molecule has 0 aromatic heterocycles. The fourth-order valence-corrected chi connectivity index (χ4v) is 2.58. The molecular formula is C12H25NaO5S. The van der Waals surface area contributed by atoms with Crippen LogP contribution in [-0.2, 0) is 14.9 Å².